The maximum absolute atomic E-state index is 8.67. The van der Waals surface area contributed by atoms with Crippen LogP contribution in [0, 0.1) is 0 Å². The minimum absolute atomic E-state index is 0.222. The number of aromatic nitrogens is 1. The van der Waals surface area contributed by atoms with Gasteiger partial charge in [-0.3, -0.25) is 0 Å². The Morgan fingerprint density at radius 1 is 1.31 bits per heavy atom. The minimum Gasteiger partial charge on any atom is -0.396 e. The van der Waals surface area contributed by atoms with Gasteiger partial charge in [0.1, 0.15) is 0 Å². The van der Waals surface area contributed by atoms with Crippen molar-refractivity contribution in [2.75, 3.05) is 12.4 Å². The second kappa shape index (κ2) is 3.85. The normalized spacial score (nSPS) is 10.8. The van der Waals surface area contributed by atoms with Gasteiger partial charge in [0.05, 0.1) is 11.6 Å². The molecule has 0 fully saturated rings. The van der Waals surface area contributed by atoms with E-state index in [0.29, 0.717) is 0 Å². The maximum Gasteiger partial charge on any atom is 0.0733 e. The largest absolute Gasteiger partial charge is 0.396 e. The zero-order valence-electron chi connectivity index (χ0n) is 7.16. The van der Waals surface area contributed by atoms with Crippen molar-refractivity contribution < 1.29 is 5.11 Å². The van der Waals surface area contributed by atoms with E-state index in [-0.39, 0.29) is 6.61 Å². The molecule has 0 aliphatic carbocycles. The van der Waals surface area contributed by atoms with Crippen LogP contribution in [0.2, 0.25) is 0 Å². The molecule has 0 spiro atoms. The number of aromatic amines is 1. The standard InChI is InChI=1S/C10H11NOS/c12-5-6-13-10-7-8-3-1-2-4-9(8)11-10/h1-4,7,11-12H,5-6H2. The van der Waals surface area contributed by atoms with E-state index in [4.69, 9.17) is 5.11 Å². The number of aliphatic hydroxyl groups is 1. The number of hydrogen-bond acceptors (Lipinski definition) is 2. The third kappa shape index (κ3) is 1.87. The van der Waals surface area contributed by atoms with Crippen LogP contribution in [0.3, 0.4) is 0 Å². The molecule has 0 amide bonds. The molecule has 2 aromatic rings. The number of para-hydroxylation sites is 1. The zero-order valence-corrected chi connectivity index (χ0v) is 7.97. The molecule has 2 rings (SSSR count). The first-order chi connectivity index (χ1) is 6.40. The Bertz CT molecular complexity index is 363. The molecule has 0 unspecified atom stereocenters. The summed E-state index contributed by atoms with van der Waals surface area (Å²) < 4.78 is 0. The van der Waals surface area contributed by atoms with Crippen LogP contribution in [0.25, 0.3) is 10.9 Å². The van der Waals surface area contributed by atoms with E-state index in [1.165, 1.54) is 5.39 Å². The van der Waals surface area contributed by atoms with Crippen LogP contribution in [0.15, 0.2) is 35.4 Å². The fourth-order valence-electron chi connectivity index (χ4n) is 1.28. The van der Waals surface area contributed by atoms with E-state index >= 15 is 0 Å². The summed E-state index contributed by atoms with van der Waals surface area (Å²) in [5.41, 5.74) is 1.16. The zero-order chi connectivity index (χ0) is 9.10. The topological polar surface area (TPSA) is 36.0 Å². The number of hydrogen-bond donors (Lipinski definition) is 2. The second-order valence-corrected chi connectivity index (χ2v) is 3.93. The lowest BCUT2D eigenvalue weighted by Crippen LogP contribution is -1.84. The Balaban J connectivity index is 2.28. The van der Waals surface area contributed by atoms with Crippen molar-refractivity contribution in [3.8, 4) is 0 Å². The summed E-state index contributed by atoms with van der Waals surface area (Å²) in [6, 6.07) is 10.3. The average Bonchev–Trinajstić information content (AvgIpc) is 2.57. The molecule has 68 valence electrons. The van der Waals surface area contributed by atoms with Gasteiger partial charge in [0.2, 0.25) is 0 Å². The predicted octanol–water partition coefficient (Wildman–Crippen LogP) is 2.25. The molecular formula is C10H11NOS. The van der Waals surface area contributed by atoms with Crippen molar-refractivity contribution in [2.45, 2.75) is 5.03 Å². The number of rotatable bonds is 3. The molecule has 0 radical (unpaired) electrons. The van der Waals surface area contributed by atoms with Gasteiger partial charge >= 0.3 is 0 Å². The van der Waals surface area contributed by atoms with Crippen LogP contribution in [-0.4, -0.2) is 22.5 Å². The van der Waals surface area contributed by atoms with Crippen LogP contribution >= 0.6 is 11.8 Å². The Morgan fingerprint density at radius 2 is 2.15 bits per heavy atom. The summed E-state index contributed by atoms with van der Waals surface area (Å²) in [5.74, 6) is 0.743. The lowest BCUT2D eigenvalue weighted by molar-refractivity contribution is 0.322. The molecule has 1 heterocycles. The van der Waals surface area contributed by atoms with Crippen molar-refractivity contribution in [1.29, 1.82) is 0 Å². The Morgan fingerprint density at radius 3 is 2.92 bits per heavy atom. The molecule has 0 aliphatic heterocycles. The Kier molecular flexibility index (Phi) is 2.57. The molecule has 0 saturated carbocycles. The summed E-state index contributed by atoms with van der Waals surface area (Å²) >= 11 is 1.64. The molecule has 1 aromatic heterocycles. The van der Waals surface area contributed by atoms with Gasteiger partial charge in [-0.2, -0.15) is 0 Å². The average molecular weight is 193 g/mol. The fourth-order valence-corrected chi connectivity index (χ4v) is 1.98. The molecule has 0 bridgehead atoms. The number of nitrogens with one attached hydrogen (secondary N) is 1. The van der Waals surface area contributed by atoms with Crippen molar-refractivity contribution in [1.82, 2.24) is 4.98 Å². The second-order valence-electron chi connectivity index (χ2n) is 2.79. The lowest BCUT2D eigenvalue weighted by Gasteiger charge is -1.92. The van der Waals surface area contributed by atoms with Gasteiger partial charge in [-0.25, -0.2) is 0 Å². The summed E-state index contributed by atoms with van der Waals surface area (Å²) in [5, 5.41) is 11.0. The van der Waals surface area contributed by atoms with E-state index < -0.39 is 0 Å². The number of aliphatic hydroxyl groups excluding tert-OH is 1. The van der Waals surface area contributed by atoms with Crippen molar-refractivity contribution in [3.63, 3.8) is 0 Å². The third-order valence-electron chi connectivity index (χ3n) is 1.85. The lowest BCUT2D eigenvalue weighted by atomic mass is 10.3. The van der Waals surface area contributed by atoms with Gasteiger partial charge in [0.15, 0.2) is 0 Å². The van der Waals surface area contributed by atoms with Gasteiger partial charge in [-0.15, -0.1) is 11.8 Å². The highest BCUT2D eigenvalue weighted by molar-refractivity contribution is 7.99. The van der Waals surface area contributed by atoms with Crippen LogP contribution in [0.1, 0.15) is 0 Å². The summed E-state index contributed by atoms with van der Waals surface area (Å²) in [6.45, 7) is 0.222. The molecule has 2 N–H and O–H groups in total. The first kappa shape index (κ1) is 8.66. The van der Waals surface area contributed by atoms with E-state index in [1.54, 1.807) is 11.8 Å². The first-order valence-electron chi connectivity index (χ1n) is 4.21. The molecule has 0 saturated heterocycles. The van der Waals surface area contributed by atoms with E-state index in [2.05, 4.69) is 23.2 Å². The number of fused-ring (bicyclic) bond motifs is 1. The van der Waals surface area contributed by atoms with Gasteiger partial charge in [0, 0.05) is 16.7 Å². The monoisotopic (exact) mass is 193 g/mol. The van der Waals surface area contributed by atoms with Crippen LogP contribution in [-0.2, 0) is 0 Å². The molecule has 1 aromatic carbocycles. The molecular weight excluding hydrogens is 182 g/mol. The van der Waals surface area contributed by atoms with E-state index in [0.717, 1.165) is 16.3 Å². The van der Waals surface area contributed by atoms with E-state index in [9.17, 15) is 0 Å². The Labute approximate surface area is 81.0 Å². The number of H-pyrrole nitrogens is 1. The van der Waals surface area contributed by atoms with Crippen molar-refractivity contribution in [3.05, 3.63) is 30.3 Å². The van der Waals surface area contributed by atoms with E-state index in [1.807, 2.05) is 12.1 Å². The summed E-state index contributed by atoms with van der Waals surface area (Å²) in [4.78, 5) is 3.28. The van der Waals surface area contributed by atoms with Crippen LogP contribution < -0.4 is 0 Å². The molecule has 3 heteroatoms. The van der Waals surface area contributed by atoms with Gasteiger partial charge in [0.25, 0.3) is 0 Å². The molecule has 0 aliphatic rings. The third-order valence-corrected chi connectivity index (χ3v) is 2.77. The molecule has 0 atom stereocenters. The predicted molar refractivity (Wildman–Crippen MR) is 56.1 cm³/mol. The minimum atomic E-state index is 0.222. The van der Waals surface area contributed by atoms with Gasteiger partial charge < -0.3 is 10.1 Å². The summed E-state index contributed by atoms with van der Waals surface area (Å²) in [7, 11) is 0. The van der Waals surface area contributed by atoms with Crippen LogP contribution in [0.4, 0.5) is 0 Å². The highest BCUT2D eigenvalue weighted by Gasteiger charge is 1.98. The number of thioether (sulfide) groups is 1. The fraction of sp³-hybridized carbons (Fsp3) is 0.200. The SMILES string of the molecule is OCCSc1cc2ccccc2[nH]1. The Hall–Kier alpha value is -0.930. The maximum atomic E-state index is 8.67. The molecule has 13 heavy (non-hydrogen) atoms. The quantitative estimate of drug-likeness (QED) is 0.733. The van der Waals surface area contributed by atoms with Gasteiger partial charge in [-0.1, -0.05) is 18.2 Å². The molecule has 2 nitrogen and oxygen atoms in total. The van der Waals surface area contributed by atoms with Crippen LogP contribution in [0.5, 0.6) is 0 Å². The highest BCUT2D eigenvalue weighted by atomic mass is 32.2. The highest BCUT2D eigenvalue weighted by Crippen LogP contribution is 2.22. The summed E-state index contributed by atoms with van der Waals surface area (Å²) in [6.07, 6.45) is 0. The van der Waals surface area contributed by atoms with Crippen molar-refractivity contribution >= 4 is 22.7 Å². The van der Waals surface area contributed by atoms with Gasteiger partial charge in [-0.05, 0) is 12.1 Å². The smallest absolute Gasteiger partial charge is 0.0733 e. The number of benzene rings is 1. The first-order valence-corrected chi connectivity index (χ1v) is 5.20. The van der Waals surface area contributed by atoms with Crippen molar-refractivity contribution in [2.24, 2.45) is 0 Å².